The van der Waals surface area contributed by atoms with E-state index in [1.165, 1.54) is 12.1 Å². The summed E-state index contributed by atoms with van der Waals surface area (Å²) in [5.74, 6) is -0.736. The molecule has 0 radical (unpaired) electrons. The van der Waals surface area contributed by atoms with E-state index in [0.29, 0.717) is 13.2 Å². The molecule has 0 aliphatic carbocycles. The van der Waals surface area contributed by atoms with Crippen molar-refractivity contribution < 1.29 is 17.5 Å². The topological polar surface area (TPSA) is 67.4 Å². The Hall–Kier alpha value is -1.02. The third-order valence-corrected chi connectivity index (χ3v) is 4.38. The van der Waals surface area contributed by atoms with Gasteiger partial charge in [-0.3, -0.25) is 0 Å². The van der Waals surface area contributed by atoms with Crippen LogP contribution >= 0.6 is 0 Å². The first-order valence-corrected chi connectivity index (χ1v) is 8.36. The zero-order chi connectivity index (χ0) is 15.9. The molecule has 0 spiro atoms. The lowest BCUT2D eigenvalue weighted by Gasteiger charge is -2.13. The van der Waals surface area contributed by atoms with Crippen LogP contribution in [0, 0.1) is 11.7 Å². The standard InChI is InChI=1S/C14H23FN2O3S/c1-4-16-9-12-5-6-13(15)14(7-12)21(18,19)17-8-11(2)10-20-3/h5-7,11,16-17H,4,8-10H2,1-3H3. The van der Waals surface area contributed by atoms with Gasteiger partial charge in [0.25, 0.3) is 0 Å². The summed E-state index contributed by atoms with van der Waals surface area (Å²) in [5.41, 5.74) is 0.726. The minimum atomic E-state index is -3.86. The molecule has 21 heavy (non-hydrogen) atoms. The maximum Gasteiger partial charge on any atom is 0.243 e. The third-order valence-electron chi connectivity index (χ3n) is 2.94. The van der Waals surface area contributed by atoms with Crippen molar-refractivity contribution in [2.45, 2.75) is 25.3 Å². The minimum Gasteiger partial charge on any atom is -0.384 e. The van der Waals surface area contributed by atoms with E-state index in [2.05, 4.69) is 10.0 Å². The smallest absolute Gasteiger partial charge is 0.243 e. The van der Waals surface area contributed by atoms with Crippen molar-refractivity contribution in [2.75, 3.05) is 26.8 Å². The number of methoxy groups -OCH3 is 1. The summed E-state index contributed by atoms with van der Waals surface area (Å²) in [6.07, 6.45) is 0. The van der Waals surface area contributed by atoms with Crippen LogP contribution < -0.4 is 10.0 Å². The van der Waals surface area contributed by atoms with E-state index in [0.717, 1.165) is 12.1 Å². The van der Waals surface area contributed by atoms with Crippen molar-refractivity contribution in [3.8, 4) is 0 Å². The van der Waals surface area contributed by atoms with Crippen LogP contribution in [-0.2, 0) is 21.3 Å². The van der Waals surface area contributed by atoms with Gasteiger partial charge in [-0.15, -0.1) is 0 Å². The molecule has 1 rings (SSSR count). The van der Waals surface area contributed by atoms with Gasteiger partial charge in [0.2, 0.25) is 10.0 Å². The van der Waals surface area contributed by atoms with Crippen LogP contribution in [0.3, 0.4) is 0 Å². The fourth-order valence-corrected chi connectivity index (χ4v) is 3.10. The number of hydrogen-bond acceptors (Lipinski definition) is 4. The number of sulfonamides is 1. The molecule has 0 saturated carbocycles. The molecule has 0 fully saturated rings. The predicted molar refractivity (Wildman–Crippen MR) is 80.0 cm³/mol. The van der Waals surface area contributed by atoms with Gasteiger partial charge < -0.3 is 10.1 Å². The highest BCUT2D eigenvalue weighted by Gasteiger charge is 2.20. The first-order chi connectivity index (χ1) is 9.90. The lowest BCUT2D eigenvalue weighted by Crippen LogP contribution is -2.30. The Morgan fingerprint density at radius 3 is 2.71 bits per heavy atom. The quantitative estimate of drug-likeness (QED) is 0.724. The molecule has 1 unspecified atom stereocenters. The number of halogens is 1. The Labute approximate surface area is 125 Å². The van der Waals surface area contributed by atoms with Crippen LogP contribution in [0.15, 0.2) is 23.1 Å². The molecule has 1 atom stereocenters. The summed E-state index contributed by atoms with van der Waals surface area (Å²) < 4.78 is 45.5. The summed E-state index contributed by atoms with van der Waals surface area (Å²) in [5, 5.41) is 3.08. The summed E-state index contributed by atoms with van der Waals surface area (Å²) in [6.45, 7) is 5.69. The van der Waals surface area contributed by atoms with E-state index >= 15 is 0 Å². The monoisotopic (exact) mass is 318 g/mol. The molecule has 0 amide bonds. The van der Waals surface area contributed by atoms with Crippen molar-refractivity contribution in [3.63, 3.8) is 0 Å². The molecule has 0 saturated heterocycles. The normalized spacial score (nSPS) is 13.3. The van der Waals surface area contributed by atoms with Crippen LogP contribution in [0.1, 0.15) is 19.4 Å². The highest BCUT2D eigenvalue weighted by Crippen LogP contribution is 2.16. The molecule has 2 N–H and O–H groups in total. The van der Waals surface area contributed by atoms with E-state index in [1.54, 1.807) is 13.2 Å². The Kier molecular flexibility index (Phi) is 7.24. The first-order valence-electron chi connectivity index (χ1n) is 6.88. The van der Waals surface area contributed by atoms with E-state index in [9.17, 15) is 12.8 Å². The van der Waals surface area contributed by atoms with Crippen LogP contribution in [0.25, 0.3) is 0 Å². The molecular weight excluding hydrogens is 295 g/mol. The maximum absolute atomic E-state index is 13.8. The molecule has 0 aromatic heterocycles. The van der Waals surface area contributed by atoms with Gasteiger partial charge in [0.05, 0.1) is 0 Å². The molecule has 0 aliphatic rings. The van der Waals surface area contributed by atoms with E-state index in [4.69, 9.17) is 4.74 Å². The SMILES string of the molecule is CCNCc1ccc(F)c(S(=O)(=O)NCC(C)COC)c1. The van der Waals surface area contributed by atoms with Crippen molar-refractivity contribution in [1.29, 1.82) is 0 Å². The summed E-state index contributed by atoms with van der Waals surface area (Å²) in [7, 11) is -2.31. The Bertz CT molecular complexity index is 549. The molecule has 0 aliphatic heterocycles. The van der Waals surface area contributed by atoms with E-state index < -0.39 is 15.8 Å². The van der Waals surface area contributed by atoms with Crippen molar-refractivity contribution in [2.24, 2.45) is 5.92 Å². The number of ether oxygens (including phenoxy) is 1. The second-order valence-electron chi connectivity index (χ2n) is 4.96. The number of benzene rings is 1. The molecular formula is C14H23FN2O3S. The Morgan fingerprint density at radius 2 is 2.10 bits per heavy atom. The van der Waals surface area contributed by atoms with Gasteiger partial charge in [-0.2, -0.15) is 0 Å². The van der Waals surface area contributed by atoms with Gasteiger partial charge in [-0.1, -0.05) is 19.9 Å². The zero-order valence-electron chi connectivity index (χ0n) is 12.6. The molecule has 0 bridgehead atoms. The summed E-state index contributed by atoms with van der Waals surface area (Å²) in [4.78, 5) is -0.317. The van der Waals surface area contributed by atoms with Crippen LogP contribution in [0.5, 0.6) is 0 Å². The minimum absolute atomic E-state index is 0.0118. The summed E-state index contributed by atoms with van der Waals surface area (Å²) in [6, 6.07) is 4.12. The highest BCUT2D eigenvalue weighted by molar-refractivity contribution is 7.89. The number of hydrogen-bond donors (Lipinski definition) is 2. The molecule has 1 aromatic rings. The van der Waals surface area contributed by atoms with Gasteiger partial charge in [-0.25, -0.2) is 17.5 Å². The highest BCUT2D eigenvalue weighted by atomic mass is 32.2. The molecule has 7 heteroatoms. The number of nitrogens with one attached hydrogen (secondary N) is 2. The van der Waals surface area contributed by atoms with Crippen molar-refractivity contribution >= 4 is 10.0 Å². The van der Waals surface area contributed by atoms with Crippen LogP contribution in [0.2, 0.25) is 0 Å². The van der Waals surface area contributed by atoms with E-state index in [-0.39, 0.29) is 17.4 Å². The largest absolute Gasteiger partial charge is 0.384 e. The third kappa shape index (κ3) is 5.70. The van der Waals surface area contributed by atoms with Gasteiger partial charge in [0.1, 0.15) is 10.7 Å². The van der Waals surface area contributed by atoms with Gasteiger partial charge in [-0.05, 0) is 30.2 Å². The van der Waals surface area contributed by atoms with E-state index in [1.807, 2.05) is 13.8 Å². The second kappa shape index (κ2) is 8.43. The van der Waals surface area contributed by atoms with Crippen LogP contribution in [-0.4, -0.2) is 35.2 Å². The maximum atomic E-state index is 13.8. The average molecular weight is 318 g/mol. The predicted octanol–water partition coefficient (Wildman–Crippen LogP) is 1.50. The van der Waals surface area contributed by atoms with Gasteiger partial charge >= 0.3 is 0 Å². The first kappa shape index (κ1) is 18.0. The Balaban J connectivity index is 2.86. The number of rotatable bonds is 9. The fourth-order valence-electron chi connectivity index (χ4n) is 1.81. The lowest BCUT2D eigenvalue weighted by atomic mass is 10.2. The van der Waals surface area contributed by atoms with Crippen LogP contribution in [0.4, 0.5) is 4.39 Å². The second-order valence-corrected chi connectivity index (χ2v) is 6.69. The molecule has 1 aromatic carbocycles. The molecule has 5 nitrogen and oxygen atoms in total. The fraction of sp³-hybridized carbons (Fsp3) is 0.571. The lowest BCUT2D eigenvalue weighted by molar-refractivity contribution is 0.161. The Morgan fingerprint density at radius 1 is 1.38 bits per heavy atom. The van der Waals surface area contributed by atoms with Gasteiger partial charge in [0.15, 0.2) is 0 Å². The summed E-state index contributed by atoms with van der Waals surface area (Å²) >= 11 is 0. The van der Waals surface area contributed by atoms with Crippen molar-refractivity contribution in [1.82, 2.24) is 10.0 Å². The molecule has 0 heterocycles. The van der Waals surface area contributed by atoms with Gasteiger partial charge in [0, 0.05) is 26.8 Å². The molecule has 120 valence electrons. The van der Waals surface area contributed by atoms with Crippen molar-refractivity contribution in [3.05, 3.63) is 29.6 Å². The average Bonchev–Trinajstić information content (AvgIpc) is 2.44. The zero-order valence-corrected chi connectivity index (χ0v) is 13.5.